The van der Waals surface area contributed by atoms with Crippen LogP contribution in [-0.2, 0) is 0 Å². The molecule has 0 bridgehead atoms. The molecule has 1 aliphatic heterocycles. The van der Waals surface area contributed by atoms with Gasteiger partial charge in [-0.15, -0.1) is 11.3 Å². The Kier molecular flexibility index (Phi) is 5.22. The van der Waals surface area contributed by atoms with E-state index in [4.69, 9.17) is 4.98 Å². The van der Waals surface area contributed by atoms with Crippen LogP contribution in [0, 0.1) is 5.82 Å². The van der Waals surface area contributed by atoms with Gasteiger partial charge in [-0.3, -0.25) is 4.79 Å². The lowest BCUT2D eigenvalue weighted by molar-refractivity contribution is 0.0713. The molecule has 0 spiro atoms. The van der Waals surface area contributed by atoms with E-state index in [1.807, 2.05) is 46.1 Å². The van der Waals surface area contributed by atoms with Crippen molar-refractivity contribution < 1.29 is 9.18 Å². The molecule has 1 amide bonds. The molecule has 0 radical (unpaired) electrons. The number of hydrogen-bond acceptors (Lipinski definition) is 4. The number of fused-ring (bicyclic) bond motifs is 1. The van der Waals surface area contributed by atoms with Crippen molar-refractivity contribution in [3.63, 3.8) is 0 Å². The maximum absolute atomic E-state index is 13.6. The van der Waals surface area contributed by atoms with Gasteiger partial charge >= 0.3 is 0 Å². The zero-order chi connectivity index (χ0) is 23.1. The van der Waals surface area contributed by atoms with E-state index in [0.29, 0.717) is 36.1 Å². The average molecular weight is 472 g/mol. The Hall–Kier alpha value is -3.78. The molecule has 34 heavy (non-hydrogen) atoms. The molecule has 2 aromatic carbocycles. The number of hydrogen-bond donors (Lipinski definition) is 0. The van der Waals surface area contributed by atoms with E-state index < -0.39 is 0 Å². The average Bonchev–Trinajstić information content (AvgIpc) is 3.63. The first-order valence-corrected chi connectivity index (χ1v) is 12.1. The van der Waals surface area contributed by atoms with Crippen molar-refractivity contribution in [3.8, 4) is 11.5 Å². The van der Waals surface area contributed by atoms with Gasteiger partial charge in [0.1, 0.15) is 11.4 Å². The molecule has 6 rings (SSSR count). The molecule has 1 saturated heterocycles. The number of para-hydroxylation sites is 1. The molecule has 0 saturated carbocycles. The molecule has 8 heteroatoms. The number of carbonyl (C=O) groups is 1. The molecule has 1 aliphatic rings. The van der Waals surface area contributed by atoms with Gasteiger partial charge in [0.15, 0.2) is 5.82 Å². The SMILES string of the molecule is O=C(c1cnn(-c2ccc(F)cc2)c1-n1cccc1)N1CCC(c2nc3ccccc3s2)CC1. The predicted molar refractivity (Wildman–Crippen MR) is 130 cm³/mol. The predicted octanol–water partition coefficient (Wildman–Crippen LogP) is 5.43. The zero-order valence-electron chi connectivity index (χ0n) is 18.3. The van der Waals surface area contributed by atoms with Crippen LogP contribution in [0.2, 0.25) is 0 Å². The first kappa shape index (κ1) is 20.8. The second-order valence-electron chi connectivity index (χ2n) is 8.45. The normalized spacial score (nSPS) is 14.7. The second-order valence-corrected chi connectivity index (χ2v) is 9.51. The summed E-state index contributed by atoms with van der Waals surface area (Å²) >= 11 is 1.75. The lowest BCUT2D eigenvalue weighted by Crippen LogP contribution is -2.38. The van der Waals surface area contributed by atoms with Crippen LogP contribution >= 0.6 is 11.3 Å². The Morgan fingerprint density at radius 1 is 0.971 bits per heavy atom. The van der Waals surface area contributed by atoms with Gasteiger partial charge in [0, 0.05) is 31.4 Å². The van der Waals surface area contributed by atoms with E-state index in [1.54, 1.807) is 34.3 Å². The maximum Gasteiger partial charge on any atom is 0.259 e. The highest BCUT2D eigenvalue weighted by Gasteiger charge is 2.29. The van der Waals surface area contributed by atoms with Crippen LogP contribution in [0.4, 0.5) is 4.39 Å². The van der Waals surface area contributed by atoms with Gasteiger partial charge in [0.2, 0.25) is 0 Å². The van der Waals surface area contributed by atoms with Crippen LogP contribution in [0.5, 0.6) is 0 Å². The summed E-state index contributed by atoms with van der Waals surface area (Å²) in [6.45, 7) is 1.35. The Morgan fingerprint density at radius 2 is 1.71 bits per heavy atom. The second kappa shape index (κ2) is 8.53. The molecular formula is C26H22FN5OS. The highest BCUT2D eigenvalue weighted by Crippen LogP contribution is 2.34. The number of aromatic nitrogens is 4. The highest BCUT2D eigenvalue weighted by atomic mass is 32.1. The first-order chi connectivity index (χ1) is 16.7. The largest absolute Gasteiger partial charge is 0.338 e. The van der Waals surface area contributed by atoms with Crippen LogP contribution < -0.4 is 0 Å². The number of rotatable bonds is 4. The number of carbonyl (C=O) groups excluding carboxylic acids is 1. The minimum Gasteiger partial charge on any atom is -0.338 e. The van der Waals surface area contributed by atoms with Crippen molar-refractivity contribution in [1.29, 1.82) is 0 Å². The highest BCUT2D eigenvalue weighted by molar-refractivity contribution is 7.18. The van der Waals surface area contributed by atoms with Crippen LogP contribution in [0.3, 0.4) is 0 Å². The number of likely N-dealkylation sites (tertiary alicyclic amines) is 1. The van der Waals surface area contributed by atoms with E-state index in [2.05, 4.69) is 17.2 Å². The molecule has 6 nitrogen and oxygen atoms in total. The lowest BCUT2D eigenvalue weighted by atomic mass is 9.97. The summed E-state index contributed by atoms with van der Waals surface area (Å²) in [4.78, 5) is 20.3. The van der Waals surface area contributed by atoms with Crippen molar-refractivity contribution in [2.75, 3.05) is 13.1 Å². The third-order valence-corrected chi connectivity index (χ3v) is 7.54. The van der Waals surface area contributed by atoms with Gasteiger partial charge in [-0.1, -0.05) is 12.1 Å². The summed E-state index contributed by atoms with van der Waals surface area (Å²) in [5.74, 6) is 0.660. The Labute approximate surface area is 199 Å². The monoisotopic (exact) mass is 471 g/mol. The summed E-state index contributed by atoms with van der Waals surface area (Å²) < 4.78 is 18.2. The van der Waals surface area contributed by atoms with E-state index in [9.17, 15) is 9.18 Å². The topological polar surface area (TPSA) is 56.0 Å². The van der Waals surface area contributed by atoms with E-state index in [-0.39, 0.29) is 11.7 Å². The number of thiazole rings is 1. The van der Waals surface area contributed by atoms with Crippen LogP contribution in [-0.4, -0.2) is 43.2 Å². The minimum absolute atomic E-state index is 0.0418. The summed E-state index contributed by atoms with van der Waals surface area (Å²) in [5, 5.41) is 5.65. The third-order valence-electron chi connectivity index (χ3n) is 6.34. The van der Waals surface area contributed by atoms with E-state index in [0.717, 1.165) is 23.4 Å². The van der Waals surface area contributed by atoms with Crippen LogP contribution in [0.15, 0.2) is 79.3 Å². The molecule has 170 valence electrons. The Morgan fingerprint density at radius 3 is 2.44 bits per heavy atom. The van der Waals surface area contributed by atoms with Gasteiger partial charge in [-0.05, 0) is 61.4 Å². The Balaban J connectivity index is 1.26. The number of nitrogens with zero attached hydrogens (tertiary/aromatic N) is 5. The lowest BCUT2D eigenvalue weighted by Gasteiger charge is -2.31. The van der Waals surface area contributed by atoms with Crippen molar-refractivity contribution in [1.82, 2.24) is 24.2 Å². The van der Waals surface area contributed by atoms with Gasteiger partial charge in [0.05, 0.1) is 27.1 Å². The molecule has 3 aromatic heterocycles. The molecule has 1 fully saturated rings. The van der Waals surface area contributed by atoms with Crippen molar-refractivity contribution in [3.05, 3.63) is 95.6 Å². The molecule has 0 aliphatic carbocycles. The van der Waals surface area contributed by atoms with Gasteiger partial charge < -0.3 is 9.47 Å². The number of amides is 1. The molecule has 0 N–H and O–H groups in total. The van der Waals surface area contributed by atoms with Crippen LogP contribution in [0.1, 0.15) is 34.1 Å². The maximum atomic E-state index is 13.6. The van der Waals surface area contributed by atoms with Crippen LogP contribution in [0.25, 0.3) is 21.7 Å². The summed E-state index contributed by atoms with van der Waals surface area (Å²) in [6.07, 6.45) is 7.15. The van der Waals surface area contributed by atoms with Crippen molar-refractivity contribution in [2.24, 2.45) is 0 Å². The molecule has 5 aromatic rings. The number of halogens is 1. The minimum atomic E-state index is -0.314. The van der Waals surface area contributed by atoms with Gasteiger partial charge in [-0.25, -0.2) is 14.1 Å². The summed E-state index contributed by atoms with van der Waals surface area (Å²) in [7, 11) is 0. The number of benzene rings is 2. The third kappa shape index (κ3) is 3.70. The summed E-state index contributed by atoms with van der Waals surface area (Å²) in [6, 6.07) is 18.1. The molecule has 0 atom stereocenters. The summed E-state index contributed by atoms with van der Waals surface area (Å²) in [5.41, 5.74) is 2.27. The van der Waals surface area contributed by atoms with E-state index >= 15 is 0 Å². The fourth-order valence-electron chi connectivity index (χ4n) is 4.55. The van der Waals surface area contributed by atoms with Gasteiger partial charge in [0.25, 0.3) is 5.91 Å². The zero-order valence-corrected chi connectivity index (χ0v) is 19.2. The number of piperidine rings is 1. The standard InChI is InChI=1S/C26H22FN5OS/c27-19-7-9-20(10-8-19)32-25(30-13-3-4-14-30)21(17-28-32)26(33)31-15-11-18(12-16-31)24-29-22-5-1-2-6-23(22)34-24/h1-10,13-14,17-18H,11-12,15-16H2. The molecular weight excluding hydrogens is 449 g/mol. The van der Waals surface area contributed by atoms with Crippen molar-refractivity contribution >= 4 is 27.5 Å². The van der Waals surface area contributed by atoms with Gasteiger partial charge in [-0.2, -0.15) is 5.10 Å². The first-order valence-electron chi connectivity index (χ1n) is 11.3. The smallest absolute Gasteiger partial charge is 0.259 e. The fraction of sp³-hybridized carbons (Fsp3) is 0.192. The quantitative estimate of drug-likeness (QED) is 0.351. The fourth-order valence-corrected chi connectivity index (χ4v) is 5.69. The van der Waals surface area contributed by atoms with E-state index in [1.165, 1.54) is 16.8 Å². The van der Waals surface area contributed by atoms with Crippen molar-refractivity contribution in [2.45, 2.75) is 18.8 Å². The molecule has 0 unspecified atom stereocenters. The molecule has 4 heterocycles. The Bertz CT molecular complexity index is 1410.